The maximum atomic E-state index is 12.1. The summed E-state index contributed by atoms with van der Waals surface area (Å²) in [6.45, 7) is 12.6. The quantitative estimate of drug-likeness (QED) is 0.750. The summed E-state index contributed by atoms with van der Waals surface area (Å²) in [6, 6.07) is 9.94. The average molecular weight is 335 g/mol. The van der Waals surface area contributed by atoms with E-state index in [1.165, 1.54) is 5.56 Å². The van der Waals surface area contributed by atoms with Crippen LogP contribution in [0.1, 0.15) is 53.5 Å². The van der Waals surface area contributed by atoms with Crippen molar-refractivity contribution in [1.82, 2.24) is 10.6 Å². The Kier molecular flexibility index (Phi) is 9.52. The summed E-state index contributed by atoms with van der Waals surface area (Å²) in [4.78, 5) is 22.7. The van der Waals surface area contributed by atoms with E-state index in [1.54, 1.807) is 0 Å². The fourth-order valence-corrected chi connectivity index (χ4v) is 2.16. The summed E-state index contributed by atoms with van der Waals surface area (Å²) in [5.41, 5.74) is 0.707. The molecular formula is C20H34N2O2. The first kappa shape index (κ1) is 22.3. The maximum absolute atomic E-state index is 12.1. The molecule has 1 atom stereocenters. The Hall–Kier alpha value is -1.68. The average Bonchev–Trinajstić information content (AvgIpc) is 2.53. The molecule has 0 aliphatic carbocycles. The number of hydrogen-bond donors (Lipinski definition) is 2. The molecular weight excluding hydrogens is 300 g/mol. The molecule has 0 bridgehead atoms. The SMILES string of the molecule is CCC(C)(C)C(NC=O)C(=O)C(C)(C)C.CNCc1ccccc1. The number of ketones is 1. The van der Waals surface area contributed by atoms with E-state index in [0.717, 1.165) is 13.0 Å². The minimum atomic E-state index is -0.423. The molecule has 0 radical (unpaired) electrons. The Balaban J connectivity index is 0.000000496. The van der Waals surface area contributed by atoms with Gasteiger partial charge in [-0.2, -0.15) is 0 Å². The van der Waals surface area contributed by atoms with Crippen molar-refractivity contribution in [1.29, 1.82) is 0 Å². The summed E-state index contributed by atoms with van der Waals surface area (Å²) in [7, 11) is 1.95. The molecule has 1 aromatic carbocycles. The van der Waals surface area contributed by atoms with Gasteiger partial charge in [0.05, 0.1) is 6.04 Å². The van der Waals surface area contributed by atoms with Crippen LogP contribution < -0.4 is 10.6 Å². The monoisotopic (exact) mass is 334 g/mol. The Bertz CT molecular complexity index is 490. The van der Waals surface area contributed by atoms with Gasteiger partial charge in [-0.1, -0.05) is 71.9 Å². The minimum absolute atomic E-state index is 0.0847. The van der Waals surface area contributed by atoms with Gasteiger partial charge in [0.2, 0.25) is 6.41 Å². The lowest BCUT2D eigenvalue weighted by molar-refractivity contribution is -0.133. The first-order chi connectivity index (χ1) is 11.1. The van der Waals surface area contributed by atoms with Crippen LogP contribution in [0.25, 0.3) is 0 Å². The predicted octanol–water partition coefficient (Wildman–Crippen LogP) is 3.56. The molecule has 0 aliphatic heterocycles. The molecule has 136 valence electrons. The van der Waals surface area contributed by atoms with Gasteiger partial charge in [0.15, 0.2) is 5.78 Å². The van der Waals surface area contributed by atoms with Crippen molar-refractivity contribution in [2.75, 3.05) is 7.05 Å². The van der Waals surface area contributed by atoms with E-state index in [9.17, 15) is 9.59 Å². The van der Waals surface area contributed by atoms with Crippen molar-refractivity contribution >= 4 is 12.2 Å². The van der Waals surface area contributed by atoms with Crippen molar-refractivity contribution < 1.29 is 9.59 Å². The number of Topliss-reactive ketones (excluding diaryl/α,β-unsaturated/α-hetero) is 1. The molecule has 0 spiro atoms. The van der Waals surface area contributed by atoms with Crippen LogP contribution in [0.5, 0.6) is 0 Å². The summed E-state index contributed by atoms with van der Waals surface area (Å²) in [5.74, 6) is 0.0847. The number of hydrogen-bond acceptors (Lipinski definition) is 3. The Morgan fingerprint density at radius 3 is 2.04 bits per heavy atom. The highest BCUT2D eigenvalue weighted by Gasteiger charge is 2.38. The zero-order valence-corrected chi connectivity index (χ0v) is 16.3. The van der Waals surface area contributed by atoms with Crippen LogP contribution in [0.2, 0.25) is 0 Å². The number of amides is 1. The van der Waals surface area contributed by atoms with Crippen LogP contribution in [0.4, 0.5) is 0 Å². The minimum Gasteiger partial charge on any atom is -0.348 e. The lowest BCUT2D eigenvalue weighted by Gasteiger charge is -2.35. The number of carbonyl (C=O) groups is 2. The van der Waals surface area contributed by atoms with Crippen molar-refractivity contribution in [3.63, 3.8) is 0 Å². The Morgan fingerprint density at radius 2 is 1.67 bits per heavy atom. The normalized spacial score (nSPS) is 12.6. The third-order valence-corrected chi connectivity index (χ3v) is 4.15. The summed E-state index contributed by atoms with van der Waals surface area (Å²) in [6.07, 6.45) is 1.46. The Labute approximate surface area is 147 Å². The van der Waals surface area contributed by atoms with Crippen LogP contribution in [-0.2, 0) is 16.1 Å². The van der Waals surface area contributed by atoms with E-state index in [4.69, 9.17) is 0 Å². The summed E-state index contributed by atoms with van der Waals surface area (Å²) in [5, 5.41) is 5.73. The lowest BCUT2D eigenvalue weighted by Crippen LogP contribution is -2.51. The molecule has 2 N–H and O–H groups in total. The van der Waals surface area contributed by atoms with Gasteiger partial charge in [0.1, 0.15) is 0 Å². The molecule has 1 unspecified atom stereocenters. The van der Waals surface area contributed by atoms with Gasteiger partial charge in [0, 0.05) is 12.0 Å². The molecule has 1 aromatic rings. The molecule has 0 aliphatic rings. The number of carbonyl (C=O) groups excluding carboxylic acids is 2. The van der Waals surface area contributed by atoms with Gasteiger partial charge < -0.3 is 10.6 Å². The second kappa shape index (κ2) is 10.2. The highest BCUT2D eigenvalue weighted by atomic mass is 16.1. The number of rotatable bonds is 7. The molecule has 0 heterocycles. The molecule has 0 aromatic heterocycles. The van der Waals surface area contributed by atoms with Crippen molar-refractivity contribution in [2.24, 2.45) is 10.8 Å². The molecule has 1 rings (SSSR count). The second-order valence-corrected chi connectivity index (χ2v) is 7.69. The fraction of sp³-hybridized carbons (Fsp3) is 0.600. The number of nitrogens with one attached hydrogen (secondary N) is 2. The number of benzene rings is 1. The standard InChI is InChI=1S/C12H23NO2.C8H11N/c1-7-12(5,6)9(13-8-14)10(15)11(2,3)4;1-9-7-8-5-3-2-4-6-8/h8-9H,7H2,1-6H3,(H,13,14);2-6,9H,7H2,1H3. The van der Waals surface area contributed by atoms with E-state index in [0.29, 0.717) is 6.41 Å². The maximum Gasteiger partial charge on any atom is 0.207 e. The third-order valence-electron chi connectivity index (χ3n) is 4.15. The van der Waals surface area contributed by atoms with E-state index >= 15 is 0 Å². The van der Waals surface area contributed by atoms with E-state index in [-0.39, 0.29) is 11.2 Å². The van der Waals surface area contributed by atoms with Gasteiger partial charge in [0.25, 0.3) is 0 Å². The first-order valence-corrected chi connectivity index (χ1v) is 8.52. The zero-order valence-electron chi connectivity index (χ0n) is 16.3. The molecule has 24 heavy (non-hydrogen) atoms. The molecule has 0 fully saturated rings. The van der Waals surface area contributed by atoms with Crippen molar-refractivity contribution in [3.05, 3.63) is 35.9 Å². The van der Waals surface area contributed by atoms with Crippen LogP contribution in [-0.4, -0.2) is 25.3 Å². The van der Waals surface area contributed by atoms with Crippen molar-refractivity contribution in [2.45, 2.75) is 60.5 Å². The molecule has 1 amide bonds. The third kappa shape index (κ3) is 7.73. The second-order valence-electron chi connectivity index (χ2n) is 7.69. The largest absolute Gasteiger partial charge is 0.348 e. The van der Waals surface area contributed by atoms with E-state index < -0.39 is 11.5 Å². The van der Waals surface area contributed by atoms with Gasteiger partial charge in [-0.05, 0) is 24.4 Å². The van der Waals surface area contributed by atoms with Gasteiger partial charge >= 0.3 is 0 Å². The van der Waals surface area contributed by atoms with Crippen LogP contribution in [0, 0.1) is 10.8 Å². The van der Waals surface area contributed by atoms with Crippen molar-refractivity contribution in [3.8, 4) is 0 Å². The van der Waals surface area contributed by atoms with Gasteiger partial charge in [-0.25, -0.2) is 0 Å². The van der Waals surface area contributed by atoms with E-state index in [1.807, 2.05) is 66.8 Å². The van der Waals surface area contributed by atoms with Crippen LogP contribution in [0.15, 0.2) is 30.3 Å². The molecule has 4 heteroatoms. The van der Waals surface area contributed by atoms with Gasteiger partial charge in [-0.3, -0.25) is 9.59 Å². The molecule has 0 saturated heterocycles. The first-order valence-electron chi connectivity index (χ1n) is 8.52. The zero-order chi connectivity index (χ0) is 18.8. The predicted molar refractivity (Wildman–Crippen MR) is 101 cm³/mol. The highest BCUT2D eigenvalue weighted by Crippen LogP contribution is 2.30. The summed E-state index contributed by atoms with van der Waals surface area (Å²) >= 11 is 0. The fourth-order valence-electron chi connectivity index (χ4n) is 2.16. The van der Waals surface area contributed by atoms with E-state index in [2.05, 4.69) is 22.8 Å². The van der Waals surface area contributed by atoms with Gasteiger partial charge in [-0.15, -0.1) is 0 Å². The topological polar surface area (TPSA) is 58.2 Å². The Morgan fingerprint density at radius 1 is 1.12 bits per heavy atom. The molecule has 4 nitrogen and oxygen atoms in total. The lowest BCUT2D eigenvalue weighted by atomic mass is 9.73. The smallest absolute Gasteiger partial charge is 0.207 e. The molecule has 0 saturated carbocycles. The summed E-state index contributed by atoms with van der Waals surface area (Å²) < 4.78 is 0. The highest BCUT2D eigenvalue weighted by molar-refractivity contribution is 5.90. The van der Waals surface area contributed by atoms with Crippen LogP contribution in [0.3, 0.4) is 0 Å². The van der Waals surface area contributed by atoms with Crippen LogP contribution >= 0.6 is 0 Å².